The average molecular weight is 313 g/mol. The predicted octanol–water partition coefficient (Wildman–Crippen LogP) is 3.06. The minimum absolute atomic E-state index is 0.0359. The number of hydrogen-bond acceptors (Lipinski definition) is 4. The summed E-state index contributed by atoms with van der Waals surface area (Å²) in [6, 6.07) is 4.98. The summed E-state index contributed by atoms with van der Waals surface area (Å²) < 4.78 is 24.4. The third-order valence-electron chi connectivity index (χ3n) is 2.91. The van der Waals surface area contributed by atoms with Crippen LogP contribution in [0.4, 0.5) is 0 Å². The maximum absolute atomic E-state index is 11.7. The van der Waals surface area contributed by atoms with Gasteiger partial charge in [0.15, 0.2) is 0 Å². The van der Waals surface area contributed by atoms with Gasteiger partial charge in [-0.1, -0.05) is 11.6 Å². The van der Waals surface area contributed by atoms with Gasteiger partial charge in [0, 0.05) is 15.8 Å². The molecule has 2 N–H and O–H groups in total. The lowest BCUT2D eigenvalue weighted by molar-refractivity contribution is 0.598. The molecule has 0 bridgehead atoms. The molecule has 3 rings (SSSR count). The van der Waals surface area contributed by atoms with Gasteiger partial charge in [0.25, 0.3) is 0 Å². The Kier molecular flexibility index (Phi) is 2.79. The second-order valence-electron chi connectivity index (χ2n) is 4.21. The van der Waals surface area contributed by atoms with Crippen LogP contribution in [0.3, 0.4) is 0 Å². The van der Waals surface area contributed by atoms with Crippen molar-refractivity contribution in [2.24, 2.45) is 5.14 Å². The number of rotatable bonds is 1. The molecule has 0 saturated carbocycles. The van der Waals surface area contributed by atoms with Crippen LogP contribution in [0.2, 0.25) is 5.02 Å². The molecule has 0 aliphatic heterocycles. The van der Waals surface area contributed by atoms with Crippen LogP contribution in [0.5, 0.6) is 0 Å². The lowest BCUT2D eigenvalue weighted by Gasteiger charge is -2.07. The molecule has 0 spiro atoms. The predicted molar refractivity (Wildman–Crippen MR) is 78.2 cm³/mol. The van der Waals surface area contributed by atoms with E-state index in [0.29, 0.717) is 15.9 Å². The lowest BCUT2D eigenvalue weighted by Crippen LogP contribution is -2.13. The van der Waals surface area contributed by atoms with Crippen molar-refractivity contribution in [2.45, 2.75) is 11.8 Å². The summed E-state index contributed by atoms with van der Waals surface area (Å²) in [6.45, 7) is 1.85. The van der Waals surface area contributed by atoms with E-state index in [-0.39, 0.29) is 4.90 Å². The van der Waals surface area contributed by atoms with Crippen LogP contribution in [0.1, 0.15) is 5.69 Å². The Bertz CT molecular complexity index is 916. The van der Waals surface area contributed by atoms with Crippen LogP contribution in [-0.4, -0.2) is 13.4 Å². The summed E-state index contributed by atoms with van der Waals surface area (Å²) in [5, 5.41) is 9.16. The van der Waals surface area contributed by atoms with Gasteiger partial charge in [-0.25, -0.2) is 13.6 Å². The summed E-state index contributed by atoms with van der Waals surface area (Å²) in [7, 11) is -3.86. The van der Waals surface area contributed by atoms with Gasteiger partial charge in [-0.15, -0.1) is 11.3 Å². The van der Waals surface area contributed by atoms with Crippen LogP contribution in [-0.2, 0) is 10.0 Å². The number of primary sulfonamides is 1. The van der Waals surface area contributed by atoms with Crippen LogP contribution in [0.25, 0.3) is 21.0 Å². The highest BCUT2D eigenvalue weighted by molar-refractivity contribution is 7.89. The molecular weight excluding hydrogens is 304 g/mol. The molecule has 0 unspecified atom stereocenters. The van der Waals surface area contributed by atoms with Gasteiger partial charge in [-0.2, -0.15) is 0 Å². The van der Waals surface area contributed by atoms with Crippen molar-refractivity contribution in [3.8, 4) is 0 Å². The zero-order valence-electron chi connectivity index (χ0n) is 9.84. The number of halogens is 1. The quantitative estimate of drug-likeness (QED) is 0.750. The monoisotopic (exact) mass is 312 g/mol. The zero-order valence-corrected chi connectivity index (χ0v) is 12.2. The number of aromatic nitrogens is 1. The van der Waals surface area contributed by atoms with Gasteiger partial charge >= 0.3 is 0 Å². The molecule has 0 atom stereocenters. The van der Waals surface area contributed by atoms with E-state index < -0.39 is 10.0 Å². The topological polar surface area (TPSA) is 73.0 Å². The molecule has 0 aliphatic rings. The number of fused-ring (bicyclic) bond motifs is 3. The van der Waals surface area contributed by atoms with Gasteiger partial charge in [0.05, 0.1) is 15.9 Å². The minimum Gasteiger partial charge on any atom is -0.250 e. The van der Waals surface area contributed by atoms with Crippen LogP contribution >= 0.6 is 22.9 Å². The van der Waals surface area contributed by atoms with E-state index in [0.717, 1.165) is 15.8 Å². The first-order chi connectivity index (χ1) is 8.88. The van der Waals surface area contributed by atoms with Gasteiger partial charge in [-0.3, -0.25) is 4.98 Å². The number of pyridine rings is 1. The Morgan fingerprint density at radius 2 is 2.05 bits per heavy atom. The molecule has 2 aromatic heterocycles. The molecule has 0 fully saturated rings. The van der Waals surface area contributed by atoms with Crippen molar-refractivity contribution in [3.63, 3.8) is 0 Å². The number of sulfonamides is 1. The number of thiophene rings is 1. The summed E-state index contributed by atoms with van der Waals surface area (Å²) in [6.07, 6.45) is 0. The van der Waals surface area contributed by atoms with E-state index in [1.165, 1.54) is 6.07 Å². The molecule has 19 heavy (non-hydrogen) atoms. The normalized spacial score (nSPS) is 12.4. The SMILES string of the molecule is Cc1nc2c(S(N)(=O)=O)cc(Cl)cc2c2ccsc12. The number of aryl methyl sites for hydroxylation is 1. The Labute approximate surface area is 118 Å². The Hall–Kier alpha value is -1.21. The maximum Gasteiger partial charge on any atom is 0.240 e. The van der Waals surface area contributed by atoms with Crippen molar-refractivity contribution in [2.75, 3.05) is 0 Å². The van der Waals surface area contributed by atoms with E-state index >= 15 is 0 Å². The first kappa shape index (κ1) is 12.8. The highest BCUT2D eigenvalue weighted by Crippen LogP contribution is 2.34. The van der Waals surface area contributed by atoms with Gasteiger partial charge in [0.1, 0.15) is 4.90 Å². The van der Waals surface area contributed by atoms with E-state index in [1.807, 2.05) is 18.4 Å². The summed E-state index contributed by atoms with van der Waals surface area (Å²) in [4.78, 5) is 4.34. The van der Waals surface area contributed by atoms with Crippen LogP contribution in [0.15, 0.2) is 28.5 Å². The molecule has 0 aliphatic carbocycles. The summed E-state index contributed by atoms with van der Waals surface area (Å²) in [5.74, 6) is 0. The molecule has 0 radical (unpaired) electrons. The fourth-order valence-electron chi connectivity index (χ4n) is 2.13. The smallest absolute Gasteiger partial charge is 0.240 e. The number of nitrogens with two attached hydrogens (primary N) is 1. The second-order valence-corrected chi connectivity index (χ2v) is 7.09. The average Bonchev–Trinajstić information content (AvgIpc) is 2.78. The Morgan fingerprint density at radius 3 is 2.74 bits per heavy atom. The zero-order chi connectivity index (χ0) is 13.8. The molecular formula is C12H9ClN2O2S2. The fourth-order valence-corrected chi connectivity index (χ4v) is 3.99. The number of nitrogens with zero attached hydrogens (tertiary/aromatic N) is 1. The summed E-state index contributed by atoms with van der Waals surface area (Å²) in [5.41, 5.74) is 1.15. The Morgan fingerprint density at radius 1 is 1.32 bits per heavy atom. The first-order valence-electron chi connectivity index (χ1n) is 5.38. The van der Waals surface area contributed by atoms with E-state index in [4.69, 9.17) is 16.7 Å². The molecule has 98 valence electrons. The minimum atomic E-state index is -3.86. The largest absolute Gasteiger partial charge is 0.250 e. The Balaban J connectivity index is 2.64. The second kappa shape index (κ2) is 4.14. The van der Waals surface area contributed by atoms with E-state index in [2.05, 4.69) is 4.98 Å². The molecule has 2 heterocycles. The van der Waals surface area contributed by atoms with Gasteiger partial charge < -0.3 is 0 Å². The lowest BCUT2D eigenvalue weighted by atomic mass is 10.1. The fraction of sp³-hybridized carbons (Fsp3) is 0.0833. The molecule has 4 nitrogen and oxygen atoms in total. The van der Waals surface area contributed by atoms with Crippen molar-refractivity contribution >= 4 is 54.0 Å². The first-order valence-corrected chi connectivity index (χ1v) is 8.18. The third-order valence-corrected chi connectivity index (χ3v) is 5.08. The van der Waals surface area contributed by atoms with E-state index in [1.54, 1.807) is 17.4 Å². The molecule has 1 aromatic carbocycles. The number of benzene rings is 1. The van der Waals surface area contributed by atoms with Crippen LogP contribution < -0.4 is 5.14 Å². The molecule has 0 saturated heterocycles. The van der Waals surface area contributed by atoms with Crippen LogP contribution in [0, 0.1) is 6.92 Å². The van der Waals surface area contributed by atoms with E-state index in [9.17, 15) is 8.42 Å². The van der Waals surface area contributed by atoms with Gasteiger partial charge in [-0.05, 0) is 30.5 Å². The molecule has 3 aromatic rings. The summed E-state index contributed by atoms with van der Waals surface area (Å²) >= 11 is 7.55. The van der Waals surface area contributed by atoms with Crippen molar-refractivity contribution in [3.05, 3.63) is 34.3 Å². The highest BCUT2D eigenvalue weighted by atomic mass is 35.5. The van der Waals surface area contributed by atoms with Crippen molar-refractivity contribution < 1.29 is 8.42 Å². The third kappa shape index (κ3) is 2.01. The molecule has 7 heteroatoms. The standard InChI is InChI=1S/C12H9ClN2O2S2/c1-6-12-8(2-3-18-12)9-4-7(13)5-10(11(9)15-6)19(14,16)17/h2-5H,1H3,(H2,14,16,17). The molecule has 0 amide bonds. The van der Waals surface area contributed by atoms with Crippen molar-refractivity contribution in [1.29, 1.82) is 0 Å². The maximum atomic E-state index is 11.7. The van der Waals surface area contributed by atoms with Gasteiger partial charge in [0.2, 0.25) is 10.0 Å². The van der Waals surface area contributed by atoms with Crippen molar-refractivity contribution in [1.82, 2.24) is 4.98 Å². The highest BCUT2D eigenvalue weighted by Gasteiger charge is 2.18. The number of hydrogen-bond donors (Lipinski definition) is 1.